The SMILES string of the molecule is CNC1(C#N)CCCC(n2c(C)nc3ccccc32)C1. The van der Waals surface area contributed by atoms with Crippen molar-refractivity contribution in [3.8, 4) is 6.07 Å². The summed E-state index contributed by atoms with van der Waals surface area (Å²) in [5.74, 6) is 1.04. The van der Waals surface area contributed by atoms with Crippen LogP contribution in [-0.4, -0.2) is 22.1 Å². The van der Waals surface area contributed by atoms with Gasteiger partial charge in [0.05, 0.1) is 17.1 Å². The molecule has 4 nitrogen and oxygen atoms in total. The zero-order valence-electron chi connectivity index (χ0n) is 12.1. The van der Waals surface area contributed by atoms with Gasteiger partial charge in [-0.2, -0.15) is 5.26 Å². The van der Waals surface area contributed by atoms with E-state index in [9.17, 15) is 5.26 Å². The van der Waals surface area contributed by atoms with Gasteiger partial charge < -0.3 is 9.88 Å². The van der Waals surface area contributed by atoms with Crippen molar-refractivity contribution < 1.29 is 0 Å². The quantitative estimate of drug-likeness (QED) is 0.911. The molecular formula is C16H20N4. The van der Waals surface area contributed by atoms with E-state index in [0.29, 0.717) is 6.04 Å². The van der Waals surface area contributed by atoms with Crippen molar-refractivity contribution in [2.75, 3.05) is 7.05 Å². The first-order valence-electron chi connectivity index (χ1n) is 7.23. The Morgan fingerprint density at radius 1 is 1.45 bits per heavy atom. The molecule has 20 heavy (non-hydrogen) atoms. The second-order valence-corrected chi connectivity index (χ2v) is 5.71. The molecule has 1 saturated carbocycles. The Hall–Kier alpha value is -1.86. The Kier molecular flexibility index (Phi) is 3.23. The standard InChI is InChI=1S/C16H20N4/c1-12-19-14-7-3-4-8-15(14)20(12)13-6-5-9-16(10-13,11-17)18-2/h3-4,7-8,13,18H,5-6,9-10H2,1-2H3. The summed E-state index contributed by atoms with van der Waals surface area (Å²) in [6, 6.07) is 11.1. The molecule has 0 amide bonds. The minimum absolute atomic E-state index is 0.350. The molecule has 1 fully saturated rings. The first kappa shape index (κ1) is 13.1. The summed E-state index contributed by atoms with van der Waals surface area (Å²) in [6.45, 7) is 2.06. The van der Waals surface area contributed by atoms with Crippen molar-refractivity contribution in [1.82, 2.24) is 14.9 Å². The number of nitrogens with one attached hydrogen (secondary N) is 1. The zero-order valence-corrected chi connectivity index (χ0v) is 12.1. The predicted octanol–water partition coefficient (Wildman–Crippen LogP) is 2.94. The van der Waals surface area contributed by atoms with Crippen molar-refractivity contribution in [1.29, 1.82) is 5.26 Å². The predicted molar refractivity (Wildman–Crippen MR) is 79.4 cm³/mol. The normalized spacial score (nSPS) is 26.6. The molecule has 104 valence electrons. The Labute approximate surface area is 119 Å². The van der Waals surface area contributed by atoms with Crippen molar-refractivity contribution >= 4 is 11.0 Å². The lowest BCUT2D eigenvalue weighted by Crippen LogP contribution is -2.46. The summed E-state index contributed by atoms with van der Waals surface area (Å²) < 4.78 is 2.32. The Morgan fingerprint density at radius 2 is 2.25 bits per heavy atom. The van der Waals surface area contributed by atoms with E-state index >= 15 is 0 Å². The van der Waals surface area contributed by atoms with Crippen LogP contribution in [0.1, 0.15) is 37.5 Å². The number of rotatable bonds is 2. The third-order valence-corrected chi connectivity index (χ3v) is 4.55. The van der Waals surface area contributed by atoms with E-state index in [1.807, 2.05) is 13.1 Å². The molecule has 0 radical (unpaired) electrons. The summed E-state index contributed by atoms with van der Waals surface area (Å²) in [4.78, 5) is 4.65. The molecule has 1 aromatic carbocycles. The highest BCUT2D eigenvalue weighted by Crippen LogP contribution is 2.37. The number of hydrogen-bond acceptors (Lipinski definition) is 3. The molecular weight excluding hydrogens is 248 g/mol. The van der Waals surface area contributed by atoms with Crippen LogP contribution in [-0.2, 0) is 0 Å². The van der Waals surface area contributed by atoms with Crippen LogP contribution in [0.25, 0.3) is 11.0 Å². The van der Waals surface area contributed by atoms with Crippen LogP contribution < -0.4 is 5.32 Å². The van der Waals surface area contributed by atoms with Crippen LogP contribution >= 0.6 is 0 Å². The highest BCUT2D eigenvalue weighted by molar-refractivity contribution is 5.76. The first-order chi connectivity index (χ1) is 9.69. The van der Waals surface area contributed by atoms with Gasteiger partial charge in [0.15, 0.2) is 0 Å². The minimum Gasteiger partial charge on any atom is -0.325 e. The first-order valence-corrected chi connectivity index (χ1v) is 7.23. The Morgan fingerprint density at radius 3 is 3.00 bits per heavy atom. The molecule has 4 heteroatoms. The molecule has 2 unspecified atom stereocenters. The summed E-state index contributed by atoms with van der Waals surface area (Å²) in [5.41, 5.74) is 1.84. The number of fused-ring (bicyclic) bond motifs is 1. The van der Waals surface area contributed by atoms with Crippen LogP contribution in [0.3, 0.4) is 0 Å². The molecule has 1 aliphatic carbocycles. The topological polar surface area (TPSA) is 53.6 Å². The van der Waals surface area contributed by atoms with Gasteiger partial charge in [-0.25, -0.2) is 4.98 Å². The summed E-state index contributed by atoms with van der Waals surface area (Å²) >= 11 is 0. The molecule has 0 aliphatic heterocycles. The second-order valence-electron chi connectivity index (χ2n) is 5.71. The van der Waals surface area contributed by atoms with Crippen molar-refractivity contribution in [2.24, 2.45) is 0 Å². The van der Waals surface area contributed by atoms with E-state index in [1.165, 1.54) is 5.52 Å². The molecule has 0 spiro atoms. The Bertz CT molecular complexity index is 667. The number of benzene rings is 1. The van der Waals surface area contributed by atoms with Gasteiger partial charge in [0, 0.05) is 6.04 Å². The molecule has 0 saturated heterocycles. The van der Waals surface area contributed by atoms with Crippen LogP contribution in [0, 0.1) is 18.3 Å². The van der Waals surface area contributed by atoms with Gasteiger partial charge in [-0.1, -0.05) is 12.1 Å². The van der Waals surface area contributed by atoms with Gasteiger partial charge in [0.25, 0.3) is 0 Å². The largest absolute Gasteiger partial charge is 0.325 e. The van der Waals surface area contributed by atoms with Gasteiger partial charge in [0.1, 0.15) is 11.4 Å². The lowest BCUT2D eigenvalue weighted by Gasteiger charge is -2.36. The highest BCUT2D eigenvalue weighted by atomic mass is 15.1. The zero-order chi connectivity index (χ0) is 14.2. The Balaban J connectivity index is 2.03. The third kappa shape index (κ3) is 1.99. The lowest BCUT2D eigenvalue weighted by atomic mass is 9.80. The molecule has 1 N–H and O–H groups in total. The lowest BCUT2D eigenvalue weighted by molar-refractivity contribution is 0.243. The number of imidazole rings is 1. The van der Waals surface area contributed by atoms with E-state index in [0.717, 1.165) is 37.0 Å². The molecule has 1 heterocycles. The molecule has 1 aromatic heterocycles. The van der Waals surface area contributed by atoms with E-state index in [4.69, 9.17) is 0 Å². The van der Waals surface area contributed by atoms with Crippen molar-refractivity contribution in [3.05, 3.63) is 30.1 Å². The van der Waals surface area contributed by atoms with E-state index in [1.54, 1.807) is 0 Å². The molecule has 2 aromatic rings. The van der Waals surface area contributed by atoms with Crippen molar-refractivity contribution in [2.45, 2.75) is 44.2 Å². The second kappa shape index (κ2) is 4.92. The van der Waals surface area contributed by atoms with E-state index < -0.39 is 0 Å². The van der Waals surface area contributed by atoms with E-state index in [2.05, 4.69) is 46.1 Å². The maximum atomic E-state index is 9.50. The van der Waals surface area contributed by atoms with Crippen LogP contribution in [0.15, 0.2) is 24.3 Å². The molecule has 2 atom stereocenters. The van der Waals surface area contributed by atoms with Gasteiger partial charge in [0.2, 0.25) is 0 Å². The summed E-state index contributed by atoms with van der Waals surface area (Å²) in [5, 5.41) is 12.7. The monoisotopic (exact) mass is 268 g/mol. The minimum atomic E-state index is -0.388. The van der Waals surface area contributed by atoms with Crippen LogP contribution in [0.4, 0.5) is 0 Å². The third-order valence-electron chi connectivity index (χ3n) is 4.55. The summed E-state index contributed by atoms with van der Waals surface area (Å²) in [6.07, 6.45) is 3.97. The van der Waals surface area contributed by atoms with Gasteiger partial charge in [-0.3, -0.25) is 0 Å². The van der Waals surface area contributed by atoms with Gasteiger partial charge in [-0.05, 0) is 51.8 Å². The number of hydrogen-bond donors (Lipinski definition) is 1. The number of aromatic nitrogens is 2. The average molecular weight is 268 g/mol. The fourth-order valence-corrected chi connectivity index (χ4v) is 3.48. The fraction of sp³-hybridized carbons (Fsp3) is 0.500. The van der Waals surface area contributed by atoms with E-state index in [-0.39, 0.29) is 5.54 Å². The van der Waals surface area contributed by atoms with Gasteiger partial charge >= 0.3 is 0 Å². The number of aryl methyl sites for hydroxylation is 1. The average Bonchev–Trinajstić information content (AvgIpc) is 2.83. The number of nitrogens with zero attached hydrogens (tertiary/aromatic N) is 3. The van der Waals surface area contributed by atoms with Crippen molar-refractivity contribution in [3.63, 3.8) is 0 Å². The van der Waals surface area contributed by atoms with Gasteiger partial charge in [-0.15, -0.1) is 0 Å². The molecule has 1 aliphatic rings. The fourth-order valence-electron chi connectivity index (χ4n) is 3.48. The molecule has 3 rings (SSSR count). The smallest absolute Gasteiger partial charge is 0.108 e. The number of para-hydroxylation sites is 2. The maximum absolute atomic E-state index is 9.50. The van der Waals surface area contributed by atoms with Crippen LogP contribution in [0.5, 0.6) is 0 Å². The maximum Gasteiger partial charge on any atom is 0.108 e. The highest BCUT2D eigenvalue weighted by Gasteiger charge is 2.36. The molecule has 0 bridgehead atoms. The number of nitriles is 1. The van der Waals surface area contributed by atoms with Crippen LogP contribution in [0.2, 0.25) is 0 Å². The summed E-state index contributed by atoms with van der Waals surface area (Å²) in [7, 11) is 1.89.